The predicted molar refractivity (Wildman–Crippen MR) is 126 cm³/mol. The molecule has 2 aliphatic rings. The Morgan fingerprint density at radius 2 is 1.88 bits per heavy atom. The average molecular weight is 488 g/mol. The van der Waals surface area contributed by atoms with Crippen LogP contribution in [0.2, 0.25) is 0 Å². The van der Waals surface area contributed by atoms with Gasteiger partial charge in [-0.2, -0.15) is 13.2 Å². The molecule has 0 saturated carbocycles. The van der Waals surface area contributed by atoms with Gasteiger partial charge in [0.15, 0.2) is 6.29 Å². The molecule has 10 heteroatoms. The second-order valence-corrected chi connectivity index (χ2v) is 7.80. The first-order valence-corrected chi connectivity index (χ1v) is 11.4. The minimum atomic E-state index is -4.64. The molecule has 1 unspecified atom stereocenters. The Labute approximate surface area is 199 Å². The molecule has 7 nitrogen and oxygen atoms in total. The van der Waals surface area contributed by atoms with E-state index in [9.17, 15) is 18.0 Å². The van der Waals surface area contributed by atoms with E-state index in [1.165, 1.54) is 13.0 Å². The lowest BCUT2D eigenvalue weighted by Crippen LogP contribution is -2.44. The van der Waals surface area contributed by atoms with Gasteiger partial charge in [-0.25, -0.2) is 10.3 Å². The molecule has 0 spiro atoms. The number of carbonyl (C=O) groups excluding carboxylic acids is 2. The molecule has 1 atom stereocenters. The highest BCUT2D eigenvalue weighted by Crippen LogP contribution is 2.35. The summed E-state index contributed by atoms with van der Waals surface area (Å²) in [4.78, 5) is 30.2. The summed E-state index contributed by atoms with van der Waals surface area (Å²) in [6.45, 7) is 10.3. The molecule has 1 N–H and O–H groups in total. The number of alkyl halides is 3. The molecule has 192 valence electrons. The van der Waals surface area contributed by atoms with E-state index in [1.54, 1.807) is 6.07 Å². The van der Waals surface area contributed by atoms with Crippen LogP contribution >= 0.6 is 0 Å². The number of carbonyl (C=O) groups is 2. The van der Waals surface area contributed by atoms with E-state index in [2.05, 4.69) is 23.9 Å². The number of amides is 1. The summed E-state index contributed by atoms with van der Waals surface area (Å²) in [5.41, 5.74) is 1.13. The number of allylic oxidation sites excluding steroid dienone is 1. The number of hydrogen-bond acceptors (Lipinski definition) is 6. The zero-order valence-corrected chi connectivity index (χ0v) is 20.2. The third-order valence-corrected chi connectivity index (χ3v) is 5.13. The molecule has 0 radical (unpaired) electrons. The predicted octanol–water partition coefficient (Wildman–Crippen LogP) is 4.43. The highest BCUT2D eigenvalue weighted by atomic mass is 19.4. The van der Waals surface area contributed by atoms with E-state index in [0.29, 0.717) is 31.8 Å². The van der Waals surface area contributed by atoms with E-state index in [0.717, 1.165) is 44.7 Å². The molecule has 1 aromatic rings. The molecule has 3 rings (SSSR count). The maximum absolute atomic E-state index is 13.5. The van der Waals surface area contributed by atoms with E-state index in [1.807, 2.05) is 18.0 Å². The highest BCUT2D eigenvalue weighted by molar-refractivity contribution is 5.95. The fourth-order valence-electron chi connectivity index (χ4n) is 3.20. The Bertz CT molecular complexity index is 760. The monoisotopic (exact) mass is 487 g/mol. The summed E-state index contributed by atoms with van der Waals surface area (Å²) in [5, 5.41) is 0. The SMILES string of the molecule is C=CCC.CC=O.CN1CCN(c2ccc(C(=O)NOC3CCCCO3)c(C(F)(F)F)c2)CC1. The van der Waals surface area contributed by atoms with Gasteiger partial charge in [-0.3, -0.25) is 4.79 Å². The maximum Gasteiger partial charge on any atom is 0.417 e. The van der Waals surface area contributed by atoms with Crippen LogP contribution in [-0.2, 0) is 20.5 Å². The molecule has 0 bridgehead atoms. The van der Waals surface area contributed by atoms with Crippen molar-refractivity contribution in [1.82, 2.24) is 10.4 Å². The van der Waals surface area contributed by atoms with Crippen molar-refractivity contribution in [1.29, 1.82) is 0 Å². The number of halogens is 3. The standard InChI is InChI=1S/C18H24F3N3O3.C4H8.C2H4O/c1-23-7-9-24(10-8-23)13-5-6-14(15(12-13)18(19,20)21)17(25)22-27-16-4-2-3-11-26-16;1-3-4-2;1-2-3/h5-6,12,16H,2-4,7-11H2,1H3,(H,22,25);3H,1,4H2,2H3;2H,1H3. The van der Waals surface area contributed by atoms with E-state index >= 15 is 0 Å². The molecule has 2 fully saturated rings. The summed E-state index contributed by atoms with van der Waals surface area (Å²) in [6.07, 6.45) is 0.820. The van der Waals surface area contributed by atoms with Gasteiger partial charge in [-0.15, -0.1) is 6.58 Å². The van der Waals surface area contributed by atoms with Gasteiger partial charge < -0.3 is 19.3 Å². The van der Waals surface area contributed by atoms with Crippen LogP contribution in [0.25, 0.3) is 0 Å². The van der Waals surface area contributed by atoms with Gasteiger partial charge in [0.25, 0.3) is 5.91 Å². The first kappa shape index (κ1) is 29.6. The Balaban J connectivity index is 0.000000732. The normalized spacial score (nSPS) is 18.5. The molecule has 0 aromatic heterocycles. The largest absolute Gasteiger partial charge is 0.417 e. The highest BCUT2D eigenvalue weighted by Gasteiger charge is 2.36. The number of rotatable bonds is 5. The lowest BCUT2D eigenvalue weighted by atomic mass is 10.0. The third-order valence-electron chi connectivity index (χ3n) is 5.13. The van der Waals surface area contributed by atoms with Gasteiger partial charge in [0.1, 0.15) is 6.29 Å². The number of hydrogen-bond donors (Lipinski definition) is 1. The number of nitrogens with one attached hydrogen (secondary N) is 1. The van der Waals surface area contributed by atoms with Gasteiger partial charge in [-0.05, 0) is 51.4 Å². The quantitative estimate of drug-likeness (QED) is 0.376. The molecule has 2 heterocycles. The van der Waals surface area contributed by atoms with Gasteiger partial charge in [0.05, 0.1) is 11.1 Å². The molecule has 2 aliphatic heterocycles. The van der Waals surface area contributed by atoms with Crippen molar-refractivity contribution in [3.8, 4) is 0 Å². The van der Waals surface area contributed by atoms with Crippen LogP contribution in [0.4, 0.5) is 18.9 Å². The average Bonchev–Trinajstić information content (AvgIpc) is 2.83. The number of likely N-dealkylation sites (N-methyl/N-ethyl adjacent to an activating group) is 1. The Morgan fingerprint density at radius 1 is 1.26 bits per heavy atom. The number of aldehydes is 1. The smallest absolute Gasteiger partial charge is 0.369 e. The zero-order valence-electron chi connectivity index (χ0n) is 20.2. The van der Waals surface area contributed by atoms with E-state index < -0.39 is 29.5 Å². The van der Waals surface area contributed by atoms with Crippen molar-refractivity contribution in [2.75, 3.05) is 44.7 Å². The fraction of sp³-hybridized carbons (Fsp3) is 0.583. The lowest BCUT2D eigenvalue weighted by Gasteiger charge is -2.34. The van der Waals surface area contributed by atoms with E-state index in [4.69, 9.17) is 14.4 Å². The minimum absolute atomic E-state index is 0.462. The zero-order chi connectivity index (χ0) is 25.6. The summed E-state index contributed by atoms with van der Waals surface area (Å²) < 4.78 is 45.9. The van der Waals surface area contributed by atoms with Gasteiger partial charge in [0, 0.05) is 44.9 Å². The number of nitrogens with zero attached hydrogens (tertiary/aromatic N) is 2. The maximum atomic E-state index is 13.5. The number of anilines is 1. The van der Waals surface area contributed by atoms with Crippen LogP contribution < -0.4 is 10.4 Å². The molecule has 0 aliphatic carbocycles. The second-order valence-electron chi connectivity index (χ2n) is 7.80. The van der Waals surface area contributed by atoms with Crippen molar-refractivity contribution >= 4 is 17.9 Å². The van der Waals surface area contributed by atoms with Crippen molar-refractivity contribution in [3.63, 3.8) is 0 Å². The Morgan fingerprint density at radius 3 is 2.38 bits per heavy atom. The number of benzene rings is 1. The van der Waals surface area contributed by atoms with Crippen LogP contribution in [0.3, 0.4) is 0 Å². The fourth-order valence-corrected chi connectivity index (χ4v) is 3.20. The Hall–Kier alpha value is -2.43. The second kappa shape index (κ2) is 15.5. The van der Waals surface area contributed by atoms with Crippen LogP contribution in [0.5, 0.6) is 0 Å². The van der Waals surface area contributed by atoms with Crippen molar-refractivity contribution in [2.45, 2.75) is 52.0 Å². The summed E-state index contributed by atoms with van der Waals surface area (Å²) in [6, 6.07) is 3.79. The number of hydroxylamine groups is 1. The van der Waals surface area contributed by atoms with Gasteiger partial charge in [0.2, 0.25) is 0 Å². The van der Waals surface area contributed by atoms with Gasteiger partial charge in [-0.1, -0.05) is 13.0 Å². The van der Waals surface area contributed by atoms with Crippen LogP contribution in [0, 0.1) is 0 Å². The number of ether oxygens (including phenoxy) is 1. The first-order chi connectivity index (χ1) is 16.2. The molecule has 34 heavy (non-hydrogen) atoms. The van der Waals surface area contributed by atoms with Crippen LogP contribution in [0.1, 0.15) is 55.5 Å². The summed E-state index contributed by atoms with van der Waals surface area (Å²) >= 11 is 0. The molecular formula is C24H36F3N3O4. The molecular weight excluding hydrogens is 451 g/mol. The molecule has 2 saturated heterocycles. The summed E-state index contributed by atoms with van der Waals surface area (Å²) in [5.74, 6) is -0.929. The Kier molecular flexibility index (Phi) is 13.5. The molecule has 1 aromatic carbocycles. The first-order valence-electron chi connectivity index (χ1n) is 11.4. The van der Waals surface area contributed by atoms with Crippen molar-refractivity contribution in [3.05, 3.63) is 42.0 Å². The van der Waals surface area contributed by atoms with Crippen LogP contribution in [0.15, 0.2) is 30.9 Å². The van der Waals surface area contributed by atoms with Gasteiger partial charge >= 0.3 is 6.18 Å². The third kappa shape index (κ3) is 10.2. The topological polar surface area (TPSA) is 71.1 Å². The molecule has 1 amide bonds. The summed E-state index contributed by atoms with van der Waals surface area (Å²) in [7, 11) is 1.97. The lowest BCUT2D eigenvalue weighted by molar-refractivity contribution is -0.186. The van der Waals surface area contributed by atoms with Crippen LogP contribution in [-0.4, -0.2) is 63.2 Å². The number of piperazine rings is 1. The minimum Gasteiger partial charge on any atom is -0.369 e. The van der Waals surface area contributed by atoms with Crippen molar-refractivity contribution < 1.29 is 32.3 Å². The van der Waals surface area contributed by atoms with Crippen molar-refractivity contribution in [2.24, 2.45) is 0 Å². The van der Waals surface area contributed by atoms with E-state index in [-0.39, 0.29) is 0 Å².